The van der Waals surface area contributed by atoms with Crippen molar-refractivity contribution in [2.24, 2.45) is 5.92 Å². The lowest BCUT2D eigenvalue weighted by Gasteiger charge is -2.54. The number of para-hydroxylation sites is 1. The van der Waals surface area contributed by atoms with Crippen LogP contribution in [-0.4, -0.2) is 58.7 Å². The number of likely N-dealkylation sites (tertiary alicyclic amines) is 2. The second kappa shape index (κ2) is 8.19. The molecule has 1 amide bonds. The molecule has 0 unspecified atom stereocenters. The Labute approximate surface area is 172 Å². The van der Waals surface area contributed by atoms with E-state index in [2.05, 4.69) is 23.9 Å². The molecule has 29 heavy (non-hydrogen) atoms. The van der Waals surface area contributed by atoms with Gasteiger partial charge in [-0.25, -0.2) is 0 Å². The molecular formula is C23H31N3O3. The topological polar surface area (TPSA) is 58.8 Å². The molecule has 4 rings (SSSR count). The number of carbonyl (C=O) groups is 1. The number of piperidine rings is 1. The fourth-order valence-corrected chi connectivity index (χ4v) is 4.81. The molecule has 2 atom stereocenters. The van der Waals surface area contributed by atoms with E-state index in [1.165, 1.54) is 0 Å². The zero-order valence-electron chi connectivity index (χ0n) is 17.8. The molecule has 2 saturated heterocycles. The minimum Gasteiger partial charge on any atom is -0.487 e. The third-order valence-corrected chi connectivity index (χ3v) is 6.41. The summed E-state index contributed by atoms with van der Waals surface area (Å²) in [4.78, 5) is 17.4. The molecule has 6 nitrogen and oxygen atoms in total. The summed E-state index contributed by atoms with van der Waals surface area (Å²) in [5.41, 5.74) is 1.30. The van der Waals surface area contributed by atoms with Crippen LogP contribution in [0.1, 0.15) is 48.5 Å². The molecule has 2 aliphatic heterocycles. The molecule has 0 spiro atoms. The third-order valence-electron chi connectivity index (χ3n) is 6.41. The van der Waals surface area contributed by atoms with E-state index in [4.69, 9.17) is 9.26 Å². The Balaban J connectivity index is 1.41. The van der Waals surface area contributed by atoms with Gasteiger partial charge >= 0.3 is 0 Å². The first-order valence-corrected chi connectivity index (χ1v) is 10.6. The van der Waals surface area contributed by atoms with Gasteiger partial charge in [-0.05, 0) is 58.6 Å². The van der Waals surface area contributed by atoms with Gasteiger partial charge in [0.15, 0.2) is 0 Å². The summed E-state index contributed by atoms with van der Waals surface area (Å²) < 4.78 is 11.5. The number of benzene rings is 1. The molecule has 2 fully saturated rings. The van der Waals surface area contributed by atoms with Crippen molar-refractivity contribution in [1.82, 2.24) is 15.0 Å². The van der Waals surface area contributed by atoms with E-state index in [0.29, 0.717) is 35.0 Å². The Hall–Kier alpha value is -2.34. The van der Waals surface area contributed by atoms with Crippen LogP contribution in [0.15, 0.2) is 34.9 Å². The van der Waals surface area contributed by atoms with Crippen LogP contribution in [0.3, 0.4) is 0 Å². The van der Waals surface area contributed by atoms with Gasteiger partial charge in [-0.3, -0.25) is 9.69 Å². The lowest BCUT2D eigenvalue weighted by molar-refractivity contribution is -0.0983. The number of carbonyl (C=O) groups excluding carboxylic acids is 1. The van der Waals surface area contributed by atoms with E-state index in [1.54, 1.807) is 6.92 Å². The van der Waals surface area contributed by atoms with Gasteiger partial charge in [0.05, 0.1) is 11.7 Å². The number of aromatic nitrogens is 1. The first-order valence-electron chi connectivity index (χ1n) is 10.6. The average Bonchev–Trinajstić information content (AvgIpc) is 3.03. The van der Waals surface area contributed by atoms with Crippen LogP contribution in [0, 0.1) is 19.8 Å². The predicted octanol–water partition coefficient (Wildman–Crippen LogP) is 3.68. The van der Waals surface area contributed by atoms with Crippen molar-refractivity contribution in [3.8, 4) is 5.75 Å². The van der Waals surface area contributed by atoms with Gasteiger partial charge in [-0.1, -0.05) is 23.4 Å². The zero-order valence-corrected chi connectivity index (χ0v) is 17.8. The molecule has 1 aromatic heterocycles. The molecule has 0 radical (unpaired) electrons. The highest BCUT2D eigenvalue weighted by atomic mass is 16.5. The van der Waals surface area contributed by atoms with Gasteiger partial charge in [0, 0.05) is 25.7 Å². The minimum atomic E-state index is 0.0473. The Bertz CT molecular complexity index is 821. The molecule has 0 saturated carbocycles. The lowest BCUT2D eigenvalue weighted by atomic mass is 9.79. The van der Waals surface area contributed by atoms with Crippen LogP contribution in [0.2, 0.25) is 0 Å². The van der Waals surface area contributed by atoms with E-state index >= 15 is 0 Å². The lowest BCUT2D eigenvalue weighted by Crippen LogP contribution is -2.68. The maximum Gasteiger partial charge on any atom is 0.259 e. The molecule has 0 N–H and O–H groups in total. The highest BCUT2D eigenvalue weighted by Gasteiger charge is 2.47. The van der Waals surface area contributed by atoms with E-state index < -0.39 is 0 Å². The summed E-state index contributed by atoms with van der Waals surface area (Å²) in [5.74, 6) is 2.13. The summed E-state index contributed by atoms with van der Waals surface area (Å²) in [7, 11) is 0. The predicted molar refractivity (Wildman–Crippen MR) is 111 cm³/mol. The SMILES string of the molecule is Cc1noc(C)c1C(=O)N1CCC([C@H]2[C@@H](Oc3ccccc3)CN2C(C)C)CC1. The maximum absolute atomic E-state index is 12.9. The molecule has 3 heterocycles. The van der Waals surface area contributed by atoms with Crippen LogP contribution >= 0.6 is 0 Å². The van der Waals surface area contributed by atoms with Crippen LogP contribution in [0.4, 0.5) is 0 Å². The molecule has 156 valence electrons. The highest BCUT2D eigenvalue weighted by molar-refractivity contribution is 5.96. The van der Waals surface area contributed by atoms with Crippen LogP contribution in [0.25, 0.3) is 0 Å². The summed E-state index contributed by atoms with van der Waals surface area (Å²) >= 11 is 0. The molecule has 0 aliphatic carbocycles. The van der Waals surface area contributed by atoms with Crippen molar-refractivity contribution in [1.29, 1.82) is 0 Å². The van der Waals surface area contributed by atoms with Gasteiger partial charge in [0.25, 0.3) is 5.91 Å². The van der Waals surface area contributed by atoms with Crippen molar-refractivity contribution >= 4 is 5.91 Å². The smallest absolute Gasteiger partial charge is 0.259 e. The first-order chi connectivity index (χ1) is 14.0. The van der Waals surface area contributed by atoms with Crippen LogP contribution in [-0.2, 0) is 0 Å². The average molecular weight is 398 g/mol. The normalized spacial score (nSPS) is 23.3. The molecule has 1 aromatic carbocycles. The number of hydrogen-bond donors (Lipinski definition) is 0. The molecule has 2 aromatic rings. The molecule has 6 heteroatoms. The van der Waals surface area contributed by atoms with Crippen molar-refractivity contribution in [2.75, 3.05) is 19.6 Å². The van der Waals surface area contributed by atoms with E-state index in [1.807, 2.05) is 42.2 Å². The second-order valence-electron chi connectivity index (χ2n) is 8.58. The minimum absolute atomic E-state index is 0.0473. The van der Waals surface area contributed by atoms with Gasteiger partial charge in [-0.15, -0.1) is 0 Å². The van der Waals surface area contributed by atoms with Crippen molar-refractivity contribution < 1.29 is 14.1 Å². The Morgan fingerprint density at radius 2 is 1.86 bits per heavy atom. The summed E-state index contributed by atoms with van der Waals surface area (Å²) in [6, 6.07) is 11.0. The van der Waals surface area contributed by atoms with Gasteiger partial charge in [0.1, 0.15) is 23.2 Å². The zero-order chi connectivity index (χ0) is 20.5. The van der Waals surface area contributed by atoms with Gasteiger partial charge in [-0.2, -0.15) is 0 Å². The first kappa shape index (κ1) is 20.0. The number of ether oxygens (including phenoxy) is 1. The quantitative estimate of drug-likeness (QED) is 0.770. The number of aryl methyl sites for hydroxylation is 2. The van der Waals surface area contributed by atoms with Crippen molar-refractivity contribution in [2.45, 2.75) is 58.7 Å². The number of hydrogen-bond acceptors (Lipinski definition) is 5. The van der Waals surface area contributed by atoms with E-state index in [9.17, 15) is 4.79 Å². The largest absolute Gasteiger partial charge is 0.487 e. The fraction of sp³-hybridized carbons (Fsp3) is 0.565. The standard InChI is InChI=1S/C23H31N3O3/c1-15(2)26-14-20(28-19-8-6-5-7-9-19)22(26)18-10-12-25(13-11-18)23(27)21-16(3)24-29-17(21)4/h5-9,15,18,20,22H,10-14H2,1-4H3/t20-,22-/m0/s1. The number of nitrogens with zero attached hydrogens (tertiary/aromatic N) is 3. The Morgan fingerprint density at radius 1 is 1.17 bits per heavy atom. The molecule has 2 aliphatic rings. The summed E-state index contributed by atoms with van der Waals surface area (Å²) in [5, 5.41) is 3.93. The van der Waals surface area contributed by atoms with Crippen LogP contribution in [0.5, 0.6) is 5.75 Å². The molecule has 0 bridgehead atoms. The van der Waals surface area contributed by atoms with Gasteiger partial charge < -0.3 is 14.2 Å². The molecular weight excluding hydrogens is 366 g/mol. The highest BCUT2D eigenvalue weighted by Crippen LogP contribution is 2.36. The number of rotatable bonds is 5. The van der Waals surface area contributed by atoms with E-state index in [0.717, 1.165) is 38.2 Å². The van der Waals surface area contributed by atoms with E-state index in [-0.39, 0.29) is 12.0 Å². The number of amides is 1. The second-order valence-corrected chi connectivity index (χ2v) is 8.58. The Morgan fingerprint density at radius 3 is 2.45 bits per heavy atom. The monoisotopic (exact) mass is 397 g/mol. The Kier molecular flexibility index (Phi) is 5.63. The third kappa shape index (κ3) is 3.90. The maximum atomic E-state index is 12.9. The fourth-order valence-electron chi connectivity index (χ4n) is 4.81. The van der Waals surface area contributed by atoms with Crippen LogP contribution < -0.4 is 4.74 Å². The van der Waals surface area contributed by atoms with Crippen molar-refractivity contribution in [3.63, 3.8) is 0 Å². The summed E-state index contributed by atoms with van der Waals surface area (Å²) in [6.45, 7) is 10.7. The van der Waals surface area contributed by atoms with Crippen molar-refractivity contribution in [3.05, 3.63) is 47.3 Å². The summed E-state index contributed by atoms with van der Waals surface area (Å²) in [6.07, 6.45) is 2.21. The van der Waals surface area contributed by atoms with Gasteiger partial charge in [0.2, 0.25) is 0 Å².